The van der Waals surface area contributed by atoms with E-state index in [9.17, 15) is 19.3 Å². The average Bonchev–Trinajstić information content (AvgIpc) is 2.59. The fourth-order valence-corrected chi connectivity index (χ4v) is 1.96. The summed E-state index contributed by atoms with van der Waals surface area (Å²) in [5.74, 6) is -0.849. The molecule has 0 N–H and O–H groups in total. The molecule has 0 unspecified atom stereocenters. The number of ether oxygens (including phenoxy) is 3. The normalized spacial score (nSPS) is 10.1. The number of methoxy groups -OCH3 is 2. The lowest BCUT2D eigenvalue weighted by molar-refractivity contribution is -0.385. The highest BCUT2D eigenvalue weighted by Crippen LogP contribution is 2.31. The van der Waals surface area contributed by atoms with Crippen molar-refractivity contribution in [2.75, 3.05) is 20.8 Å². The summed E-state index contributed by atoms with van der Waals surface area (Å²) in [5.41, 5.74) is -0.105. The lowest BCUT2D eigenvalue weighted by Gasteiger charge is -2.10. The van der Waals surface area contributed by atoms with Crippen LogP contribution in [0, 0.1) is 15.9 Å². The zero-order valence-corrected chi connectivity index (χ0v) is 12.9. The maximum absolute atomic E-state index is 13.6. The van der Waals surface area contributed by atoms with Crippen LogP contribution < -0.4 is 14.2 Å². The lowest BCUT2D eigenvalue weighted by Crippen LogP contribution is -2.12. The lowest BCUT2D eigenvalue weighted by atomic mass is 10.1. The summed E-state index contributed by atoms with van der Waals surface area (Å²) < 4.78 is 28.7. The number of non-ortho nitro benzene ring substituents is 1. The third-order valence-electron chi connectivity index (χ3n) is 3.19. The molecule has 7 nitrogen and oxygen atoms in total. The zero-order chi connectivity index (χ0) is 17.7. The van der Waals surface area contributed by atoms with Crippen LogP contribution in [0.1, 0.15) is 10.4 Å². The second-order valence-corrected chi connectivity index (χ2v) is 4.65. The van der Waals surface area contributed by atoms with Crippen molar-refractivity contribution >= 4 is 11.5 Å². The number of benzene rings is 2. The van der Waals surface area contributed by atoms with Crippen LogP contribution >= 0.6 is 0 Å². The van der Waals surface area contributed by atoms with Gasteiger partial charge < -0.3 is 14.2 Å². The summed E-state index contributed by atoms with van der Waals surface area (Å²) in [6, 6.07) is 7.54. The largest absolute Gasteiger partial charge is 0.494 e. The summed E-state index contributed by atoms with van der Waals surface area (Å²) in [4.78, 5) is 22.3. The molecule has 0 amide bonds. The van der Waals surface area contributed by atoms with Crippen molar-refractivity contribution in [3.05, 3.63) is 57.9 Å². The number of halogens is 1. The van der Waals surface area contributed by atoms with Gasteiger partial charge in [0, 0.05) is 11.6 Å². The Bertz CT molecular complexity index is 777. The van der Waals surface area contributed by atoms with Gasteiger partial charge in [-0.2, -0.15) is 0 Å². The first-order valence-corrected chi connectivity index (χ1v) is 6.78. The predicted octanol–water partition coefficient (Wildman–Crippen LogP) is 3.01. The molecule has 0 aliphatic rings. The summed E-state index contributed by atoms with van der Waals surface area (Å²) in [6.45, 7) is -0.427. The molecule has 2 rings (SSSR count). The van der Waals surface area contributed by atoms with Crippen molar-refractivity contribution in [2.24, 2.45) is 0 Å². The minimum Gasteiger partial charge on any atom is -0.494 e. The van der Waals surface area contributed by atoms with Gasteiger partial charge in [-0.1, -0.05) is 0 Å². The third-order valence-corrected chi connectivity index (χ3v) is 3.19. The van der Waals surface area contributed by atoms with Crippen LogP contribution in [-0.2, 0) is 0 Å². The van der Waals surface area contributed by atoms with Crippen LogP contribution in [0.3, 0.4) is 0 Å². The third kappa shape index (κ3) is 3.78. The van der Waals surface area contributed by atoms with Gasteiger partial charge in [0.05, 0.1) is 25.2 Å². The molecule has 0 spiro atoms. The number of nitrogens with zero attached hydrogens (tertiary/aromatic N) is 1. The number of nitro benzene ring substituents is 1. The van der Waals surface area contributed by atoms with Crippen molar-refractivity contribution in [3.8, 4) is 17.2 Å². The van der Waals surface area contributed by atoms with E-state index in [1.165, 1.54) is 38.5 Å². The molecule has 0 aliphatic carbocycles. The summed E-state index contributed by atoms with van der Waals surface area (Å²) in [6.07, 6.45) is 0. The summed E-state index contributed by atoms with van der Waals surface area (Å²) >= 11 is 0. The molecule has 0 radical (unpaired) electrons. The highest BCUT2D eigenvalue weighted by atomic mass is 19.1. The first kappa shape index (κ1) is 17.2. The maximum atomic E-state index is 13.6. The number of carbonyl (C=O) groups is 1. The van der Waals surface area contributed by atoms with Crippen molar-refractivity contribution in [1.29, 1.82) is 0 Å². The van der Waals surface area contributed by atoms with E-state index in [0.29, 0.717) is 0 Å². The average molecular weight is 335 g/mol. The molecule has 0 bridgehead atoms. The first-order chi connectivity index (χ1) is 11.5. The molecule has 24 heavy (non-hydrogen) atoms. The molecule has 0 heterocycles. The van der Waals surface area contributed by atoms with Crippen LogP contribution in [0.4, 0.5) is 10.1 Å². The van der Waals surface area contributed by atoms with Gasteiger partial charge in [-0.25, -0.2) is 4.39 Å². The van der Waals surface area contributed by atoms with Crippen molar-refractivity contribution < 1.29 is 28.3 Å². The Morgan fingerprint density at radius 2 is 1.75 bits per heavy atom. The Morgan fingerprint density at radius 1 is 1.08 bits per heavy atom. The van der Waals surface area contributed by atoms with Gasteiger partial charge in [-0.15, -0.1) is 0 Å². The van der Waals surface area contributed by atoms with Gasteiger partial charge in [-0.3, -0.25) is 14.9 Å². The number of nitro groups is 1. The number of hydrogen-bond donors (Lipinski definition) is 0. The van der Waals surface area contributed by atoms with Crippen LogP contribution in [0.25, 0.3) is 0 Å². The quantitative estimate of drug-likeness (QED) is 0.439. The van der Waals surface area contributed by atoms with E-state index < -0.39 is 23.1 Å². The molecule has 0 saturated heterocycles. The standard InChI is InChI=1S/C16H14FNO6/c1-22-14-5-3-10(7-12(14)17)13(19)9-24-16-8-11(18(20)21)4-6-15(16)23-2/h3-8H,9H2,1-2H3. The molecule has 0 aliphatic heterocycles. The number of ketones is 1. The minimum atomic E-state index is -0.670. The number of Topliss-reactive ketones (excluding diaryl/α,β-unsaturated/α-hetero) is 1. The summed E-state index contributed by atoms with van der Waals surface area (Å²) in [7, 11) is 2.69. The van der Waals surface area contributed by atoms with Gasteiger partial charge >= 0.3 is 0 Å². The van der Waals surface area contributed by atoms with Crippen LogP contribution in [-0.4, -0.2) is 31.5 Å². The van der Waals surface area contributed by atoms with Crippen molar-refractivity contribution in [1.82, 2.24) is 0 Å². The Hall–Kier alpha value is -3.16. The Balaban J connectivity index is 2.15. The molecular weight excluding hydrogens is 321 g/mol. The topological polar surface area (TPSA) is 87.9 Å². The SMILES string of the molecule is COc1ccc(C(=O)COc2cc([N+](=O)[O-])ccc2OC)cc1F. The fraction of sp³-hybridized carbons (Fsp3) is 0.188. The van der Waals surface area contributed by atoms with E-state index in [4.69, 9.17) is 14.2 Å². The molecule has 0 atom stereocenters. The number of hydrogen-bond acceptors (Lipinski definition) is 6. The van der Waals surface area contributed by atoms with Gasteiger partial charge in [0.15, 0.2) is 35.5 Å². The van der Waals surface area contributed by atoms with E-state index >= 15 is 0 Å². The Kier molecular flexibility index (Phi) is 5.31. The van der Waals surface area contributed by atoms with E-state index in [-0.39, 0.29) is 28.5 Å². The van der Waals surface area contributed by atoms with Crippen molar-refractivity contribution in [3.63, 3.8) is 0 Å². The van der Waals surface area contributed by atoms with Gasteiger partial charge in [0.25, 0.3) is 5.69 Å². The molecule has 0 saturated carbocycles. The van der Waals surface area contributed by atoms with Crippen LogP contribution in [0.5, 0.6) is 17.2 Å². The van der Waals surface area contributed by atoms with Crippen molar-refractivity contribution in [2.45, 2.75) is 0 Å². The van der Waals surface area contributed by atoms with Gasteiger partial charge in [0.2, 0.25) is 0 Å². The molecule has 0 fully saturated rings. The monoisotopic (exact) mass is 335 g/mol. The van der Waals surface area contributed by atoms with Gasteiger partial charge in [-0.05, 0) is 24.3 Å². The van der Waals surface area contributed by atoms with Gasteiger partial charge in [0.1, 0.15) is 0 Å². The Morgan fingerprint density at radius 3 is 2.33 bits per heavy atom. The van der Waals surface area contributed by atoms with E-state index in [1.807, 2.05) is 0 Å². The highest BCUT2D eigenvalue weighted by molar-refractivity contribution is 5.97. The van der Waals surface area contributed by atoms with E-state index in [1.54, 1.807) is 0 Å². The molecule has 2 aromatic rings. The zero-order valence-electron chi connectivity index (χ0n) is 12.9. The minimum absolute atomic E-state index is 0.0211. The fourth-order valence-electron chi connectivity index (χ4n) is 1.96. The summed E-state index contributed by atoms with van der Waals surface area (Å²) in [5, 5.41) is 10.8. The highest BCUT2D eigenvalue weighted by Gasteiger charge is 2.15. The number of rotatable bonds is 7. The number of carbonyl (C=O) groups excluding carboxylic acids is 1. The second-order valence-electron chi connectivity index (χ2n) is 4.65. The van der Waals surface area contributed by atoms with E-state index in [0.717, 1.165) is 12.1 Å². The van der Waals surface area contributed by atoms with Crippen LogP contribution in [0.15, 0.2) is 36.4 Å². The predicted molar refractivity (Wildman–Crippen MR) is 82.4 cm³/mol. The molecule has 0 aromatic heterocycles. The van der Waals surface area contributed by atoms with E-state index in [2.05, 4.69) is 0 Å². The molecule has 126 valence electrons. The molecule has 8 heteroatoms. The maximum Gasteiger partial charge on any atom is 0.273 e. The smallest absolute Gasteiger partial charge is 0.273 e. The molecular formula is C16H14FNO6. The van der Waals surface area contributed by atoms with Crippen LogP contribution in [0.2, 0.25) is 0 Å². The first-order valence-electron chi connectivity index (χ1n) is 6.78. The second kappa shape index (κ2) is 7.40. The Labute approximate surface area is 136 Å². The molecule has 2 aromatic carbocycles.